The van der Waals surface area contributed by atoms with Crippen molar-refractivity contribution in [1.82, 2.24) is 5.32 Å². The Hall–Kier alpha value is -1.59. The number of rotatable bonds is 5. The van der Waals surface area contributed by atoms with E-state index in [4.69, 9.17) is 21.4 Å². The first-order valence-electron chi connectivity index (χ1n) is 7.87. The van der Waals surface area contributed by atoms with Crippen LogP contribution in [0.15, 0.2) is 24.3 Å². The Labute approximate surface area is 140 Å². The van der Waals surface area contributed by atoms with Crippen LogP contribution in [0.1, 0.15) is 24.8 Å². The zero-order valence-electron chi connectivity index (χ0n) is 12.8. The SMILES string of the molecule is O=C(O)[C@H]1C[C@H]1C(=O)NCC1(c2ccccc2Cl)CCOCC1. The van der Waals surface area contributed by atoms with Crippen LogP contribution in [0.3, 0.4) is 0 Å². The number of benzene rings is 1. The van der Waals surface area contributed by atoms with E-state index in [-0.39, 0.29) is 11.3 Å². The summed E-state index contributed by atoms with van der Waals surface area (Å²) < 4.78 is 5.47. The Morgan fingerprint density at radius 3 is 2.57 bits per heavy atom. The van der Waals surface area contributed by atoms with E-state index in [1.165, 1.54) is 0 Å². The molecule has 1 aliphatic carbocycles. The molecule has 1 aromatic carbocycles. The fourth-order valence-electron chi connectivity index (χ4n) is 3.34. The minimum absolute atomic E-state index is 0.171. The second-order valence-electron chi connectivity index (χ2n) is 6.38. The molecule has 124 valence electrons. The van der Waals surface area contributed by atoms with Crippen molar-refractivity contribution < 1.29 is 19.4 Å². The van der Waals surface area contributed by atoms with Crippen LogP contribution in [0, 0.1) is 11.8 Å². The Balaban J connectivity index is 1.72. The average molecular weight is 338 g/mol. The first-order valence-corrected chi connectivity index (χ1v) is 8.24. The molecule has 1 amide bonds. The molecule has 2 fully saturated rings. The molecule has 1 heterocycles. The minimum Gasteiger partial charge on any atom is -0.481 e. The van der Waals surface area contributed by atoms with Crippen LogP contribution in [0.2, 0.25) is 5.02 Å². The summed E-state index contributed by atoms with van der Waals surface area (Å²) in [7, 11) is 0. The van der Waals surface area contributed by atoms with Gasteiger partial charge in [0.25, 0.3) is 0 Å². The van der Waals surface area contributed by atoms with E-state index >= 15 is 0 Å². The highest BCUT2D eigenvalue weighted by Crippen LogP contribution is 2.40. The molecule has 1 saturated heterocycles. The van der Waals surface area contributed by atoms with E-state index < -0.39 is 17.8 Å². The lowest BCUT2D eigenvalue weighted by molar-refractivity contribution is -0.140. The van der Waals surface area contributed by atoms with Gasteiger partial charge in [-0.3, -0.25) is 9.59 Å². The maximum absolute atomic E-state index is 12.2. The van der Waals surface area contributed by atoms with Crippen molar-refractivity contribution in [1.29, 1.82) is 0 Å². The molecule has 3 rings (SSSR count). The number of hydrogen-bond donors (Lipinski definition) is 2. The quantitative estimate of drug-likeness (QED) is 0.864. The van der Waals surface area contributed by atoms with Gasteiger partial charge in [0.1, 0.15) is 0 Å². The lowest BCUT2D eigenvalue weighted by Crippen LogP contribution is -2.45. The van der Waals surface area contributed by atoms with Crippen molar-refractivity contribution in [3.05, 3.63) is 34.9 Å². The largest absolute Gasteiger partial charge is 0.481 e. The maximum atomic E-state index is 12.2. The average Bonchev–Trinajstić information content (AvgIpc) is 3.35. The fourth-order valence-corrected chi connectivity index (χ4v) is 3.68. The zero-order valence-corrected chi connectivity index (χ0v) is 13.5. The van der Waals surface area contributed by atoms with Crippen LogP contribution in [0.25, 0.3) is 0 Å². The van der Waals surface area contributed by atoms with Gasteiger partial charge in [0.2, 0.25) is 5.91 Å². The van der Waals surface area contributed by atoms with Crippen LogP contribution >= 0.6 is 11.6 Å². The van der Waals surface area contributed by atoms with E-state index in [0.29, 0.717) is 31.2 Å². The van der Waals surface area contributed by atoms with E-state index in [0.717, 1.165) is 18.4 Å². The Bertz CT molecular complexity index is 612. The van der Waals surface area contributed by atoms with Crippen LogP contribution in [0.5, 0.6) is 0 Å². The summed E-state index contributed by atoms with van der Waals surface area (Å²) in [5.74, 6) is -1.98. The summed E-state index contributed by atoms with van der Waals surface area (Å²) in [6.45, 7) is 1.71. The lowest BCUT2D eigenvalue weighted by atomic mass is 9.74. The van der Waals surface area contributed by atoms with Crippen molar-refractivity contribution in [2.45, 2.75) is 24.7 Å². The molecule has 6 heteroatoms. The number of carbonyl (C=O) groups excluding carboxylic acids is 1. The smallest absolute Gasteiger partial charge is 0.307 e. The minimum atomic E-state index is -0.892. The van der Waals surface area contributed by atoms with Gasteiger partial charge < -0.3 is 15.2 Å². The van der Waals surface area contributed by atoms with E-state index in [2.05, 4.69) is 5.32 Å². The normalized spacial score (nSPS) is 25.6. The number of aliphatic carboxylic acids is 1. The van der Waals surface area contributed by atoms with Gasteiger partial charge in [0.15, 0.2) is 0 Å². The van der Waals surface area contributed by atoms with Crippen molar-refractivity contribution >= 4 is 23.5 Å². The highest BCUT2D eigenvalue weighted by molar-refractivity contribution is 6.31. The standard InChI is InChI=1S/C17H20ClNO4/c18-14-4-2-1-3-13(14)17(5-7-23-8-6-17)10-19-15(20)11-9-12(11)16(21)22/h1-4,11-12H,5-10H2,(H,19,20)(H,21,22)/t11-,12+/m1/s1. The molecule has 0 bridgehead atoms. The summed E-state index contributed by atoms with van der Waals surface area (Å²) in [6, 6.07) is 7.69. The number of ether oxygens (including phenoxy) is 1. The third-order valence-corrected chi connectivity index (χ3v) is 5.27. The van der Waals surface area contributed by atoms with Crippen molar-refractivity contribution in [2.75, 3.05) is 19.8 Å². The van der Waals surface area contributed by atoms with Crippen LogP contribution in [-0.4, -0.2) is 36.7 Å². The number of carboxylic acid groups (broad SMARTS) is 1. The van der Waals surface area contributed by atoms with Crippen molar-refractivity contribution in [2.24, 2.45) is 11.8 Å². The first-order chi connectivity index (χ1) is 11.0. The van der Waals surface area contributed by atoms with Crippen LogP contribution < -0.4 is 5.32 Å². The molecule has 5 nitrogen and oxygen atoms in total. The Morgan fingerprint density at radius 2 is 1.96 bits per heavy atom. The van der Waals surface area contributed by atoms with Gasteiger partial charge in [-0.15, -0.1) is 0 Å². The van der Waals surface area contributed by atoms with Gasteiger partial charge >= 0.3 is 5.97 Å². The zero-order chi connectivity index (χ0) is 16.4. The summed E-state index contributed by atoms with van der Waals surface area (Å²) in [6.07, 6.45) is 2.00. The first kappa shape index (κ1) is 16.3. The van der Waals surface area contributed by atoms with E-state index in [9.17, 15) is 9.59 Å². The summed E-state index contributed by atoms with van der Waals surface area (Å²) in [4.78, 5) is 23.1. The maximum Gasteiger partial charge on any atom is 0.307 e. The molecule has 0 unspecified atom stereocenters. The predicted octanol–water partition coefficient (Wildman–Crippen LogP) is 2.23. The second-order valence-corrected chi connectivity index (χ2v) is 6.78. The molecule has 1 aliphatic heterocycles. The predicted molar refractivity (Wildman–Crippen MR) is 85.4 cm³/mol. The van der Waals surface area contributed by atoms with Gasteiger partial charge in [-0.05, 0) is 30.9 Å². The Kier molecular flexibility index (Phi) is 4.60. The number of hydrogen-bond acceptors (Lipinski definition) is 3. The van der Waals surface area contributed by atoms with Crippen molar-refractivity contribution in [3.8, 4) is 0 Å². The van der Waals surface area contributed by atoms with E-state index in [1.807, 2.05) is 24.3 Å². The van der Waals surface area contributed by atoms with Gasteiger partial charge in [0, 0.05) is 30.2 Å². The fraction of sp³-hybridized carbons (Fsp3) is 0.529. The number of amides is 1. The van der Waals surface area contributed by atoms with Gasteiger partial charge in [-0.1, -0.05) is 29.8 Å². The molecule has 0 radical (unpaired) electrons. The van der Waals surface area contributed by atoms with Crippen LogP contribution in [-0.2, 0) is 19.7 Å². The Morgan fingerprint density at radius 1 is 1.26 bits per heavy atom. The van der Waals surface area contributed by atoms with Gasteiger partial charge in [0.05, 0.1) is 11.8 Å². The van der Waals surface area contributed by atoms with Gasteiger partial charge in [-0.2, -0.15) is 0 Å². The molecule has 1 aromatic rings. The lowest BCUT2D eigenvalue weighted by Gasteiger charge is -2.38. The molecule has 0 spiro atoms. The topological polar surface area (TPSA) is 75.6 Å². The summed E-state index contributed by atoms with van der Waals surface area (Å²) >= 11 is 6.37. The number of nitrogens with one attached hydrogen (secondary N) is 1. The summed E-state index contributed by atoms with van der Waals surface area (Å²) in [5, 5.41) is 12.6. The second kappa shape index (κ2) is 6.49. The third-order valence-electron chi connectivity index (χ3n) is 4.94. The highest BCUT2D eigenvalue weighted by atomic mass is 35.5. The molecule has 0 aromatic heterocycles. The molecule has 1 saturated carbocycles. The highest BCUT2D eigenvalue weighted by Gasteiger charge is 2.48. The van der Waals surface area contributed by atoms with E-state index in [1.54, 1.807) is 0 Å². The number of halogens is 1. The van der Waals surface area contributed by atoms with Crippen molar-refractivity contribution in [3.63, 3.8) is 0 Å². The van der Waals surface area contributed by atoms with Crippen LogP contribution in [0.4, 0.5) is 0 Å². The monoisotopic (exact) mass is 337 g/mol. The molecular formula is C17H20ClNO4. The molecule has 23 heavy (non-hydrogen) atoms. The molecular weight excluding hydrogens is 318 g/mol. The molecule has 2 N–H and O–H groups in total. The summed E-state index contributed by atoms with van der Waals surface area (Å²) in [5.41, 5.74) is 0.774. The number of carboxylic acids is 1. The molecule has 2 aliphatic rings. The third kappa shape index (κ3) is 3.35. The molecule has 2 atom stereocenters. The van der Waals surface area contributed by atoms with Gasteiger partial charge in [-0.25, -0.2) is 0 Å². The number of carbonyl (C=O) groups is 2.